The number of ether oxygens (including phenoxy) is 1. The lowest BCUT2D eigenvalue weighted by atomic mass is 10.1. The van der Waals surface area contributed by atoms with E-state index < -0.39 is 0 Å². The van der Waals surface area contributed by atoms with Crippen molar-refractivity contribution < 1.29 is 9.15 Å². The van der Waals surface area contributed by atoms with Gasteiger partial charge in [-0.05, 0) is 62.7 Å². The Bertz CT molecular complexity index is 1000. The first-order valence-corrected chi connectivity index (χ1v) is 11.9. The molecule has 1 atom stereocenters. The highest BCUT2D eigenvalue weighted by Gasteiger charge is 2.23. The van der Waals surface area contributed by atoms with Gasteiger partial charge < -0.3 is 19.4 Å². The maximum Gasteiger partial charge on any atom is 0.174 e. The molecule has 0 bridgehead atoms. The third-order valence-electron chi connectivity index (χ3n) is 6.27. The molecule has 1 aliphatic heterocycles. The van der Waals surface area contributed by atoms with Crippen molar-refractivity contribution in [1.82, 2.24) is 9.80 Å². The number of nitrogens with one attached hydrogen (secondary N) is 1. The summed E-state index contributed by atoms with van der Waals surface area (Å²) in [6, 6.07) is 16.6. The van der Waals surface area contributed by atoms with Gasteiger partial charge in [-0.2, -0.15) is 0 Å². The molecule has 170 valence electrons. The van der Waals surface area contributed by atoms with Crippen molar-refractivity contribution in [1.29, 1.82) is 0 Å². The molecular formula is C26H33N3O2S. The molecule has 0 aliphatic carbocycles. The smallest absolute Gasteiger partial charge is 0.174 e. The average molecular weight is 452 g/mol. The number of morpholine rings is 1. The van der Waals surface area contributed by atoms with Crippen molar-refractivity contribution in [2.45, 2.75) is 33.2 Å². The van der Waals surface area contributed by atoms with E-state index in [0.717, 1.165) is 73.3 Å². The zero-order chi connectivity index (χ0) is 22.5. The van der Waals surface area contributed by atoms with Gasteiger partial charge in [0.1, 0.15) is 11.3 Å². The number of thiocarbonyl (C=S) groups is 1. The number of furan rings is 1. The summed E-state index contributed by atoms with van der Waals surface area (Å²) in [6.45, 7) is 12.0. The predicted octanol–water partition coefficient (Wildman–Crippen LogP) is 5.53. The van der Waals surface area contributed by atoms with Crippen molar-refractivity contribution in [3.63, 3.8) is 0 Å². The van der Waals surface area contributed by atoms with E-state index in [4.69, 9.17) is 21.4 Å². The van der Waals surface area contributed by atoms with Crippen LogP contribution < -0.4 is 5.32 Å². The molecule has 0 unspecified atom stereocenters. The van der Waals surface area contributed by atoms with Crippen LogP contribution in [0.5, 0.6) is 0 Å². The van der Waals surface area contributed by atoms with Gasteiger partial charge in [0.25, 0.3) is 0 Å². The van der Waals surface area contributed by atoms with Gasteiger partial charge in [-0.3, -0.25) is 4.90 Å². The molecule has 1 saturated heterocycles. The Hall–Kier alpha value is -2.41. The number of anilines is 1. The van der Waals surface area contributed by atoms with Crippen LogP contribution in [0.15, 0.2) is 52.9 Å². The van der Waals surface area contributed by atoms with Gasteiger partial charge in [0.05, 0.1) is 19.3 Å². The molecule has 2 aromatic carbocycles. The summed E-state index contributed by atoms with van der Waals surface area (Å²) in [7, 11) is 0. The van der Waals surface area contributed by atoms with Crippen molar-refractivity contribution >= 4 is 34.0 Å². The van der Waals surface area contributed by atoms with E-state index in [2.05, 4.69) is 66.2 Å². The maximum absolute atomic E-state index is 6.20. The standard InChI is InChI=1S/C26H33N3O2S/c1-19-8-6-9-20(2)25(19)27-26(32)29(13-7-12-28-14-16-30-17-15-28)21(3)24-18-22-10-4-5-11-23(22)31-24/h4-6,8-11,18,21H,7,12-17H2,1-3H3,(H,27,32)/t21-/m0/s1. The monoisotopic (exact) mass is 451 g/mol. The lowest BCUT2D eigenvalue weighted by molar-refractivity contribution is 0.0365. The van der Waals surface area contributed by atoms with Gasteiger partial charge >= 0.3 is 0 Å². The van der Waals surface area contributed by atoms with Crippen molar-refractivity contribution in [2.24, 2.45) is 0 Å². The van der Waals surface area contributed by atoms with Crippen molar-refractivity contribution in [3.05, 3.63) is 65.4 Å². The van der Waals surface area contributed by atoms with Crippen LogP contribution >= 0.6 is 12.2 Å². The normalized spacial score (nSPS) is 15.6. The Balaban J connectivity index is 1.52. The average Bonchev–Trinajstić information content (AvgIpc) is 3.24. The Morgan fingerprint density at radius 3 is 2.53 bits per heavy atom. The number of hydrogen-bond donors (Lipinski definition) is 1. The van der Waals surface area contributed by atoms with Gasteiger partial charge in [-0.1, -0.05) is 36.4 Å². The SMILES string of the molecule is Cc1cccc(C)c1NC(=S)N(CCCN1CCOCC1)[C@@H](C)c1cc2ccccc2o1. The zero-order valence-electron chi connectivity index (χ0n) is 19.3. The van der Waals surface area contributed by atoms with Crippen LogP contribution in [-0.4, -0.2) is 54.3 Å². The minimum atomic E-state index is 0.0245. The summed E-state index contributed by atoms with van der Waals surface area (Å²) in [5, 5.41) is 5.39. The molecule has 3 aromatic rings. The summed E-state index contributed by atoms with van der Waals surface area (Å²) < 4.78 is 11.7. The Morgan fingerprint density at radius 2 is 1.81 bits per heavy atom. The topological polar surface area (TPSA) is 40.9 Å². The first-order chi connectivity index (χ1) is 15.5. The van der Waals surface area contributed by atoms with Crippen LogP contribution in [0, 0.1) is 13.8 Å². The second kappa shape index (κ2) is 10.5. The predicted molar refractivity (Wildman–Crippen MR) is 135 cm³/mol. The fourth-order valence-corrected chi connectivity index (χ4v) is 4.66. The van der Waals surface area contributed by atoms with E-state index in [1.165, 1.54) is 11.1 Å². The number of fused-ring (bicyclic) bond motifs is 1. The van der Waals surface area contributed by atoms with Gasteiger partial charge in [-0.25, -0.2) is 0 Å². The molecule has 6 heteroatoms. The van der Waals surface area contributed by atoms with E-state index in [0.29, 0.717) is 0 Å². The highest BCUT2D eigenvalue weighted by molar-refractivity contribution is 7.80. The zero-order valence-corrected chi connectivity index (χ0v) is 20.1. The Labute approximate surface area is 196 Å². The van der Waals surface area contributed by atoms with Gasteiger partial charge in [-0.15, -0.1) is 0 Å². The molecule has 0 amide bonds. The number of hydrogen-bond acceptors (Lipinski definition) is 4. The highest BCUT2D eigenvalue weighted by Crippen LogP contribution is 2.29. The fourth-order valence-electron chi connectivity index (χ4n) is 4.31. The minimum Gasteiger partial charge on any atom is -0.459 e. The molecule has 1 aromatic heterocycles. The molecule has 32 heavy (non-hydrogen) atoms. The fraction of sp³-hybridized carbons (Fsp3) is 0.423. The largest absolute Gasteiger partial charge is 0.459 e. The quantitative estimate of drug-likeness (QED) is 0.476. The van der Waals surface area contributed by atoms with E-state index in [-0.39, 0.29) is 6.04 Å². The first-order valence-electron chi connectivity index (χ1n) is 11.5. The maximum atomic E-state index is 6.20. The number of benzene rings is 2. The minimum absolute atomic E-state index is 0.0245. The highest BCUT2D eigenvalue weighted by atomic mass is 32.1. The summed E-state index contributed by atoms with van der Waals surface area (Å²) in [5.41, 5.74) is 4.39. The third kappa shape index (κ3) is 5.31. The number of para-hydroxylation sites is 2. The van der Waals surface area contributed by atoms with E-state index >= 15 is 0 Å². The molecular weight excluding hydrogens is 418 g/mol. The second-order valence-corrected chi connectivity index (χ2v) is 8.95. The van der Waals surface area contributed by atoms with Crippen LogP contribution in [0.2, 0.25) is 0 Å². The molecule has 4 rings (SSSR count). The van der Waals surface area contributed by atoms with Gasteiger partial charge in [0.15, 0.2) is 5.11 Å². The second-order valence-electron chi connectivity index (χ2n) is 8.56. The van der Waals surface area contributed by atoms with Crippen LogP contribution in [0.3, 0.4) is 0 Å². The van der Waals surface area contributed by atoms with Crippen LogP contribution in [0.1, 0.15) is 36.3 Å². The molecule has 1 aliphatic rings. The third-order valence-corrected chi connectivity index (χ3v) is 6.61. The molecule has 0 spiro atoms. The Morgan fingerprint density at radius 1 is 1.09 bits per heavy atom. The summed E-state index contributed by atoms with van der Waals surface area (Å²) >= 11 is 5.94. The van der Waals surface area contributed by atoms with Crippen LogP contribution in [0.25, 0.3) is 11.0 Å². The molecule has 2 heterocycles. The van der Waals surface area contributed by atoms with Crippen LogP contribution in [-0.2, 0) is 4.74 Å². The number of rotatable bonds is 7. The van der Waals surface area contributed by atoms with Gasteiger partial charge in [0, 0.05) is 37.3 Å². The van der Waals surface area contributed by atoms with Gasteiger partial charge in [0.2, 0.25) is 0 Å². The molecule has 1 fully saturated rings. The van der Waals surface area contributed by atoms with E-state index in [1.54, 1.807) is 0 Å². The molecule has 0 radical (unpaired) electrons. The van der Waals surface area contributed by atoms with E-state index in [9.17, 15) is 0 Å². The summed E-state index contributed by atoms with van der Waals surface area (Å²) in [4.78, 5) is 4.73. The van der Waals surface area contributed by atoms with Crippen molar-refractivity contribution in [2.75, 3.05) is 44.7 Å². The summed E-state index contributed by atoms with van der Waals surface area (Å²) in [5.74, 6) is 0.934. The lowest BCUT2D eigenvalue weighted by Gasteiger charge is -2.33. The van der Waals surface area contributed by atoms with Crippen molar-refractivity contribution in [3.8, 4) is 0 Å². The lowest BCUT2D eigenvalue weighted by Crippen LogP contribution is -2.41. The molecule has 1 N–H and O–H groups in total. The Kier molecular flexibility index (Phi) is 7.45. The van der Waals surface area contributed by atoms with Crippen LogP contribution in [0.4, 0.5) is 5.69 Å². The first kappa shape index (κ1) is 22.8. The molecule has 5 nitrogen and oxygen atoms in total. The molecule has 0 saturated carbocycles. The number of nitrogens with zero attached hydrogens (tertiary/aromatic N) is 2. The van der Waals surface area contributed by atoms with E-state index in [1.807, 2.05) is 18.2 Å². The number of aryl methyl sites for hydroxylation is 2. The summed E-state index contributed by atoms with van der Waals surface area (Å²) in [6.07, 6.45) is 1.03.